The highest BCUT2D eigenvalue weighted by molar-refractivity contribution is 5.81. The Balaban J connectivity index is 0.000000606. The Bertz CT molecular complexity index is 494. The predicted octanol–water partition coefficient (Wildman–Crippen LogP) is 3.28. The molecule has 82 valence electrons. The number of pyridine rings is 2. The summed E-state index contributed by atoms with van der Waals surface area (Å²) >= 11 is 0. The summed E-state index contributed by atoms with van der Waals surface area (Å²) in [5.41, 5.74) is 1.78. The van der Waals surface area contributed by atoms with Crippen LogP contribution in [0.3, 0.4) is 0 Å². The van der Waals surface area contributed by atoms with E-state index in [0.29, 0.717) is 0 Å². The smallest absolute Gasteiger partial charge is 0.0888 e. The van der Waals surface area contributed by atoms with Crippen LogP contribution in [0.5, 0.6) is 0 Å². The van der Waals surface area contributed by atoms with E-state index in [-0.39, 0.29) is 5.92 Å². The molecule has 2 aromatic rings. The zero-order valence-corrected chi connectivity index (χ0v) is 9.81. The molecule has 1 unspecified atom stereocenters. The van der Waals surface area contributed by atoms with Crippen molar-refractivity contribution in [2.75, 3.05) is 0 Å². The van der Waals surface area contributed by atoms with Crippen LogP contribution in [0.1, 0.15) is 32.3 Å². The van der Waals surface area contributed by atoms with E-state index in [2.05, 4.69) is 16.0 Å². The second kappa shape index (κ2) is 5.82. The van der Waals surface area contributed by atoms with Gasteiger partial charge in [-0.05, 0) is 18.6 Å². The number of nitrogens with zero attached hydrogens (tertiary/aromatic N) is 3. The maximum absolute atomic E-state index is 8.85. The van der Waals surface area contributed by atoms with Crippen molar-refractivity contribution in [1.82, 2.24) is 9.97 Å². The summed E-state index contributed by atoms with van der Waals surface area (Å²) in [7, 11) is 0. The average Bonchev–Trinajstić information content (AvgIpc) is 2.39. The molecule has 0 spiro atoms. The number of hydrogen-bond donors (Lipinski definition) is 0. The molecule has 3 nitrogen and oxygen atoms in total. The summed E-state index contributed by atoms with van der Waals surface area (Å²) in [6.07, 6.45) is 5.17. The second-order valence-corrected chi connectivity index (χ2v) is 3.15. The highest BCUT2D eigenvalue weighted by Crippen LogP contribution is 2.22. The van der Waals surface area contributed by atoms with E-state index in [1.165, 1.54) is 0 Å². The van der Waals surface area contributed by atoms with Crippen molar-refractivity contribution in [3.63, 3.8) is 0 Å². The van der Waals surface area contributed by atoms with Gasteiger partial charge in [0.15, 0.2) is 0 Å². The van der Waals surface area contributed by atoms with Crippen LogP contribution >= 0.6 is 0 Å². The third-order valence-electron chi connectivity index (χ3n) is 2.22. The first kappa shape index (κ1) is 12.1. The fraction of sp³-hybridized carbons (Fsp3) is 0.308. The van der Waals surface area contributed by atoms with Crippen molar-refractivity contribution in [2.24, 2.45) is 0 Å². The van der Waals surface area contributed by atoms with E-state index < -0.39 is 0 Å². The van der Waals surface area contributed by atoms with Gasteiger partial charge in [0.25, 0.3) is 0 Å². The van der Waals surface area contributed by atoms with E-state index >= 15 is 0 Å². The number of hydrogen-bond acceptors (Lipinski definition) is 3. The summed E-state index contributed by atoms with van der Waals surface area (Å²) in [4.78, 5) is 8.25. The number of rotatable bonds is 1. The third-order valence-corrected chi connectivity index (χ3v) is 2.22. The largest absolute Gasteiger partial charge is 0.262 e. The molecular weight excluding hydrogens is 198 g/mol. The maximum Gasteiger partial charge on any atom is 0.0888 e. The molecule has 2 aromatic heterocycles. The lowest BCUT2D eigenvalue weighted by Gasteiger charge is -2.05. The van der Waals surface area contributed by atoms with E-state index in [0.717, 1.165) is 16.5 Å². The van der Waals surface area contributed by atoms with Crippen LogP contribution < -0.4 is 0 Å². The Morgan fingerprint density at radius 3 is 2.75 bits per heavy atom. The molecule has 0 N–H and O–H groups in total. The monoisotopic (exact) mass is 213 g/mol. The van der Waals surface area contributed by atoms with Crippen LogP contribution in [0.25, 0.3) is 10.9 Å². The van der Waals surface area contributed by atoms with Crippen LogP contribution in [0, 0.1) is 11.3 Å². The Labute approximate surface area is 95.8 Å². The second-order valence-electron chi connectivity index (χ2n) is 3.15. The maximum atomic E-state index is 8.85. The molecule has 0 aliphatic heterocycles. The molecule has 2 heterocycles. The van der Waals surface area contributed by atoms with Gasteiger partial charge in [0.2, 0.25) is 0 Å². The first-order valence-electron chi connectivity index (χ1n) is 5.41. The van der Waals surface area contributed by atoms with Gasteiger partial charge in [0.05, 0.1) is 23.7 Å². The van der Waals surface area contributed by atoms with Gasteiger partial charge in [-0.15, -0.1) is 0 Å². The van der Waals surface area contributed by atoms with E-state index in [1.807, 2.05) is 32.9 Å². The van der Waals surface area contributed by atoms with Gasteiger partial charge in [-0.25, -0.2) is 0 Å². The number of aromatic nitrogens is 2. The lowest BCUT2D eigenvalue weighted by Crippen LogP contribution is -1.93. The van der Waals surface area contributed by atoms with Crippen molar-refractivity contribution < 1.29 is 0 Å². The molecule has 0 aliphatic rings. The minimum Gasteiger partial charge on any atom is -0.262 e. The molecule has 0 saturated carbocycles. The summed E-state index contributed by atoms with van der Waals surface area (Å²) in [5.74, 6) is -0.143. The summed E-state index contributed by atoms with van der Waals surface area (Å²) in [6, 6.07) is 6.04. The molecule has 0 amide bonds. The van der Waals surface area contributed by atoms with Gasteiger partial charge in [-0.1, -0.05) is 19.9 Å². The molecule has 0 bridgehead atoms. The summed E-state index contributed by atoms with van der Waals surface area (Å²) in [5, 5.41) is 9.86. The Morgan fingerprint density at radius 2 is 2.06 bits per heavy atom. The molecule has 0 fully saturated rings. The van der Waals surface area contributed by atoms with Crippen LogP contribution in [-0.2, 0) is 0 Å². The van der Waals surface area contributed by atoms with Gasteiger partial charge in [-0.2, -0.15) is 5.26 Å². The molecule has 0 aromatic carbocycles. The molecule has 3 heteroatoms. The standard InChI is InChI=1S/C11H9N3.C2H6/c1-8(5-12)10-6-13-7-11-9(10)3-2-4-14-11;1-2/h2-4,6-8H,1H3;1-2H3. The first-order valence-corrected chi connectivity index (χ1v) is 5.41. The molecular formula is C13H15N3. The van der Waals surface area contributed by atoms with Crippen molar-refractivity contribution in [1.29, 1.82) is 5.26 Å². The van der Waals surface area contributed by atoms with Gasteiger partial charge in [0, 0.05) is 17.8 Å². The minimum absolute atomic E-state index is 0.143. The highest BCUT2D eigenvalue weighted by atomic mass is 14.7. The molecule has 16 heavy (non-hydrogen) atoms. The molecule has 0 aliphatic carbocycles. The van der Waals surface area contributed by atoms with Crippen LogP contribution in [0.4, 0.5) is 0 Å². The van der Waals surface area contributed by atoms with Crippen LogP contribution in [-0.4, -0.2) is 9.97 Å². The molecule has 1 atom stereocenters. The Morgan fingerprint density at radius 1 is 1.31 bits per heavy atom. The Kier molecular flexibility index (Phi) is 4.41. The Hall–Kier alpha value is -1.95. The van der Waals surface area contributed by atoms with Gasteiger partial charge in [0.1, 0.15) is 0 Å². The number of fused-ring (bicyclic) bond motifs is 1. The lowest BCUT2D eigenvalue weighted by molar-refractivity contribution is 0.980. The summed E-state index contributed by atoms with van der Waals surface area (Å²) < 4.78 is 0. The van der Waals surface area contributed by atoms with Gasteiger partial charge >= 0.3 is 0 Å². The summed E-state index contributed by atoms with van der Waals surface area (Å²) in [6.45, 7) is 5.86. The third kappa shape index (κ3) is 2.34. The molecule has 0 radical (unpaired) electrons. The van der Waals surface area contributed by atoms with E-state index in [9.17, 15) is 0 Å². The van der Waals surface area contributed by atoms with Crippen molar-refractivity contribution in [3.05, 3.63) is 36.3 Å². The fourth-order valence-corrected chi connectivity index (χ4v) is 1.44. The lowest BCUT2D eigenvalue weighted by atomic mass is 10.0. The normalized spacial score (nSPS) is 11.1. The highest BCUT2D eigenvalue weighted by Gasteiger charge is 2.08. The molecule has 0 saturated heterocycles. The van der Waals surface area contributed by atoms with Crippen molar-refractivity contribution >= 4 is 10.9 Å². The minimum atomic E-state index is -0.143. The topological polar surface area (TPSA) is 49.6 Å². The van der Waals surface area contributed by atoms with Crippen LogP contribution in [0.2, 0.25) is 0 Å². The SMILES string of the molecule is CC.CC(C#N)c1cncc2ncccc12. The van der Waals surface area contributed by atoms with E-state index in [1.54, 1.807) is 18.6 Å². The average molecular weight is 213 g/mol. The molecule has 2 rings (SSSR count). The fourth-order valence-electron chi connectivity index (χ4n) is 1.44. The van der Waals surface area contributed by atoms with Gasteiger partial charge in [-0.3, -0.25) is 9.97 Å². The number of nitriles is 1. The quantitative estimate of drug-likeness (QED) is 0.730. The van der Waals surface area contributed by atoms with Crippen molar-refractivity contribution in [3.8, 4) is 6.07 Å². The first-order chi connectivity index (χ1) is 7.83. The van der Waals surface area contributed by atoms with Crippen molar-refractivity contribution in [2.45, 2.75) is 26.7 Å². The van der Waals surface area contributed by atoms with Crippen LogP contribution in [0.15, 0.2) is 30.7 Å². The zero-order chi connectivity index (χ0) is 12.0. The predicted molar refractivity (Wildman–Crippen MR) is 64.9 cm³/mol. The van der Waals surface area contributed by atoms with E-state index in [4.69, 9.17) is 5.26 Å². The zero-order valence-electron chi connectivity index (χ0n) is 9.81. The van der Waals surface area contributed by atoms with Gasteiger partial charge < -0.3 is 0 Å².